The normalized spacial score (nSPS) is 20.0. The third-order valence-corrected chi connectivity index (χ3v) is 4.47. The predicted octanol–water partition coefficient (Wildman–Crippen LogP) is 0.834. The number of rotatable bonds is 4. The smallest absolute Gasteiger partial charge is 0.251 e. The van der Waals surface area contributed by atoms with Crippen LogP contribution < -0.4 is 10.1 Å². The Balaban J connectivity index is 1.85. The Morgan fingerprint density at radius 1 is 1.36 bits per heavy atom. The molecule has 2 atom stereocenters. The van der Waals surface area contributed by atoms with E-state index in [-0.39, 0.29) is 30.3 Å². The number of methoxy groups -OCH3 is 1. The van der Waals surface area contributed by atoms with Gasteiger partial charge >= 0.3 is 0 Å². The first kappa shape index (κ1) is 16.9. The largest absolute Gasteiger partial charge is 0.481 e. The second-order valence-corrected chi connectivity index (χ2v) is 6.15. The van der Waals surface area contributed by atoms with Gasteiger partial charge < -0.3 is 15.0 Å². The quantitative estimate of drug-likeness (QED) is 0.888. The number of amides is 2. The Labute approximate surface area is 145 Å². The van der Waals surface area contributed by atoms with Crippen molar-refractivity contribution in [3.05, 3.63) is 41.3 Å². The van der Waals surface area contributed by atoms with E-state index in [0.717, 1.165) is 5.69 Å². The van der Waals surface area contributed by atoms with Gasteiger partial charge in [-0.15, -0.1) is 0 Å². The van der Waals surface area contributed by atoms with E-state index in [9.17, 15) is 9.59 Å². The van der Waals surface area contributed by atoms with E-state index in [0.29, 0.717) is 17.1 Å². The van der Waals surface area contributed by atoms with Crippen LogP contribution >= 0.6 is 0 Å². The topological polar surface area (TPSA) is 89.4 Å². The molecule has 8 heteroatoms. The summed E-state index contributed by atoms with van der Waals surface area (Å²) in [4.78, 5) is 30.7. The molecule has 132 valence electrons. The van der Waals surface area contributed by atoms with Crippen molar-refractivity contribution in [3.63, 3.8) is 0 Å². The molecule has 1 N–H and O–H groups in total. The summed E-state index contributed by atoms with van der Waals surface area (Å²) in [6.07, 6.45) is 1.93. The van der Waals surface area contributed by atoms with Crippen LogP contribution in [0.3, 0.4) is 0 Å². The fourth-order valence-electron chi connectivity index (χ4n) is 3.20. The lowest BCUT2D eigenvalue weighted by atomic mass is 10.0. The second kappa shape index (κ2) is 6.54. The van der Waals surface area contributed by atoms with Gasteiger partial charge in [0.05, 0.1) is 24.9 Å². The Morgan fingerprint density at radius 2 is 2.12 bits per heavy atom. The first-order valence-corrected chi connectivity index (χ1v) is 7.98. The molecule has 2 amide bonds. The lowest BCUT2D eigenvalue weighted by Crippen LogP contribution is -2.39. The third-order valence-electron chi connectivity index (χ3n) is 4.47. The molecule has 0 bridgehead atoms. The van der Waals surface area contributed by atoms with Crippen LogP contribution in [0.25, 0.3) is 0 Å². The fraction of sp³-hybridized carbons (Fsp3) is 0.412. The summed E-state index contributed by atoms with van der Waals surface area (Å²) in [6, 6.07) is 4.55. The molecule has 0 unspecified atom stereocenters. The van der Waals surface area contributed by atoms with Crippen LogP contribution in [0.2, 0.25) is 0 Å². The summed E-state index contributed by atoms with van der Waals surface area (Å²) < 4.78 is 6.84. The van der Waals surface area contributed by atoms with Gasteiger partial charge in [0.2, 0.25) is 11.8 Å². The maximum atomic E-state index is 12.7. The van der Waals surface area contributed by atoms with Crippen molar-refractivity contribution in [1.29, 1.82) is 0 Å². The lowest BCUT2D eigenvalue weighted by Gasteiger charge is -2.25. The molecule has 0 saturated carbocycles. The van der Waals surface area contributed by atoms with Gasteiger partial charge in [0, 0.05) is 44.0 Å². The SMILES string of the molecule is COc1cc(C(=O)N[C@@H]2CC(=O)N(C)[C@H]2c2ccnn2C)cc(C)n1. The number of aryl methyl sites for hydroxylation is 2. The number of pyridine rings is 1. The van der Waals surface area contributed by atoms with Crippen LogP contribution in [0, 0.1) is 6.92 Å². The highest BCUT2D eigenvalue weighted by Crippen LogP contribution is 2.31. The number of hydrogen-bond acceptors (Lipinski definition) is 5. The highest BCUT2D eigenvalue weighted by Gasteiger charge is 2.40. The predicted molar refractivity (Wildman–Crippen MR) is 90.1 cm³/mol. The maximum Gasteiger partial charge on any atom is 0.251 e. The molecule has 3 rings (SSSR count). The zero-order valence-electron chi connectivity index (χ0n) is 14.7. The summed E-state index contributed by atoms with van der Waals surface area (Å²) in [5, 5.41) is 7.14. The number of aromatic nitrogens is 3. The van der Waals surface area contributed by atoms with Gasteiger partial charge in [-0.25, -0.2) is 4.98 Å². The molecule has 1 saturated heterocycles. The van der Waals surface area contributed by atoms with E-state index in [2.05, 4.69) is 15.4 Å². The monoisotopic (exact) mass is 343 g/mol. The molecule has 2 aromatic heterocycles. The lowest BCUT2D eigenvalue weighted by molar-refractivity contribution is -0.127. The van der Waals surface area contributed by atoms with Crippen molar-refractivity contribution in [2.24, 2.45) is 7.05 Å². The molecule has 1 fully saturated rings. The van der Waals surface area contributed by atoms with Gasteiger partial charge in [0.15, 0.2) is 0 Å². The number of nitrogens with zero attached hydrogens (tertiary/aromatic N) is 4. The van der Waals surface area contributed by atoms with E-state index in [1.807, 2.05) is 13.1 Å². The molecular weight excluding hydrogens is 322 g/mol. The number of likely N-dealkylation sites (N-methyl/N-ethyl adjacent to an activating group) is 1. The zero-order valence-corrected chi connectivity index (χ0v) is 14.7. The number of ether oxygens (including phenoxy) is 1. The highest BCUT2D eigenvalue weighted by atomic mass is 16.5. The minimum Gasteiger partial charge on any atom is -0.481 e. The molecule has 2 aromatic rings. The van der Waals surface area contributed by atoms with E-state index in [1.54, 1.807) is 41.9 Å². The minimum atomic E-state index is -0.333. The standard InChI is InChI=1S/C17H21N5O3/c1-10-7-11(8-14(19-10)25-4)17(24)20-12-9-15(23)21(2)16(12)13-5-6-18-22(13)3/h5-8,12,16H,9H2,1-4H3,(H,20,24)/t12-,16-/m1/s1. The summed E-state index contributed by atoms with van der Waals surface area (Å²) >= 11 is 0. The molecule has 0 aromatic carbocycles. The molecule has 1 aliphatic heterocycles. The Hall–Kier alpha value is -2.90. The van der Waals surface area contributed by atoms with Crippen LogP contribution in [0.5, 0.6) is 5.88 Å². The summed E-state index contributed by atoms with van der Waals surface area (Å²) in [6.45, 7) is 1.80. The summed E-state index contributed by atoms with van der Waals surface area (Å²) in [7, 11) is 5.07. The van der Waals surface area contributed by atoms with Crippen molar-refractivity contribution in [3.8, 4) is 5.88 Å². The Morgan fingerprint density at radius 3 is 2.76 bits per heavy atom. The molecule has 0 aliphatic carbocycles. The fourth-order valence-corrected chi connectivity index (χ4v) is 3.20. The van der Waals surface area contributed by atoms with Gasteiger partial charge in [0.25, 0.3) is 5.91 Å². The molecule has 25 heavy (non-hydrogen) atoms. The zero-order chi connectivity index (χ0) is 18.1. The van der Waals surface area contributed by atoms with E-state index >= 15 is 0 Å². The van der Waals surface area contributed by atoms with Crippen LogP contribution in [0.15, 0.2) is 24.4 Å². The number of hydrogen-bond donors (Lipinski definition) is 1. The van der Waals surface area contributed by atoms with Crippen LogP contribution in [-0.4, -0.2) is 51.7 Å². The van der Waals surface area contributed by atoms with E-state index in [4.69, 9.17) is 4.74 Å². The molecule has 0 radical (unpaired) electrons. The molecule has 1 aliphatic rings. The highest BCUT2D eigenvalue weighted by molar-refractivity contribution is 5.95. The van der Waals surface area contributed by atoms with Crippen molar-refractivity contribution >= 4 is 11.8 Å². The van der Waals surface area contributed by atoms with Crippen molar-refractivity contribution in [2.45, 2.75) is 25.4 Å². The summed E-state index contributed by atoms with van der Waals surface area (Å²) in [5.41, 5.74) is 2.02. The van der Waals surface area contributed by atoms with Crippen LogP contribution in [0.1, 0.15) is 34.2 Å². The van der Waals surface area contributed by atoms with Gasteiger partial charge in [-0.2, -0.15) is 5.10 Å². The molecule has 3 heterocycles. The Bertz CT molecular complexity index is 816. The molecule has 8 nitrogen and oxygen atoms in total. The second-order valence-electron chi connectivity index (χ2n) is 6.15. The number of nitrogens with one attached hydrogen (secondary N) is 1. The third kappa shape index (κ3) is 3.19. The van der Waals surface area contributed by atoms with Crippen molar-refractivity contribution < 1.29 is 14.3 Å². The molecular formula is C17H21N5O3. The summed E-state index contributed by atoms with van der Waals surface area (Å²) in [5.74, 6) is 0.108. The van der Waals surface area contributed by atoms with Gasteiger partial charge in [-0.1, -0.05) is 0 Å². The minimum absolute atomic E-state index is 0.0139. The van der Waals surface area contributed by atoms with Crippen molar-refractivity contribution in [2.75, 3.05) is 14.2 Å². The van der Waals surface area contributed by atoms with Gasteiger partial charge in [-0.3, -0.25) is 14.3 Å². The number of carbonyl (C=O) groups is 2. The molecule has 0 spiro atoms. The van der Waals surface area contributed by atoms with E-state index in [1.165, 1.54) is 7.11 Å². The van der Waals surface area contributed by atoms with Crippen LogP contribution in [-0.2, 0) is 11.8 Å². The van der Waals surface area contributed by atoms with Gasteiger partial charge in [0.1, 0.15) is 0 Å². The number of likely N-dealkylation sites (tertiary alicyclic amines) is 1. The number of carbonyl (C=O) groups excluding carboxylic acids is 2. The van der Waals surface area contributed by atoms with Crippen LogP contribution in [0.4, 0.5) is 0 Å². The Kier molecular flexibility index (Phi) is 4.43. The first-order valence-electron chi connectivity index (χ1n) is 7.98. The van der Waals surface area contributed by atoms with Crippen molar-refractivity contribution in [1.82, 2.24) is 25.0 Å². The average Bonchev–Trinajstić information content (AvgIpc) is 3.10. The van der Waals surface area contributed by atoms with E-state index < -0.39 is 0 Å². The average molecular weight is 343 g/mol. The maximum absolute atomic E-state index is 12.7. The first-order chi connectivity index (χ1) is 11.9. The van der Waals surface area contributed by atoms with Gasteiger partial charge in [-0.05, 0) is 19.1 Å².